The monoisotopic (exact) mass is 240 g/mol. The van der Waals surface area contributed by atoms with Crippen LogP contribution in [-0.2, 0) is 4.79 Å². The number of likely N-dealkylation sites (N-methyl/N-ethyl adjacent to an activating group) is 1. The van der Waals surface area contributed by atoms with Crippen molar-refractivity contribution in [1.29, 1.82) is 0 Å². The van der Waals surface area contributed by atoms with E-state index in [2.05, 4.69) is 20.8 Å². The van der Waals surface area contributed by atoms with Crippen LogP contribution in [-0.4, -0.2) is 29.9 Å². The number of nitrogens with zero attached hydrogens (tertiary/aromatic N) is 1. The molecule has 1 aliphatic carbocycles. The van der Waals surface area contributed by atoms with Crippen LogP contribution >= 0.6 is 0 Å². The lowest BCUT2D eigenvalue weighted by molar-refractivity contribution is -0.135. The molecule has 0 radical (unpaired) electrons. The Morgan fingerprint density at radius 2 is 1.88 bits per heavy atom. The third-order valence-electron chi connectivity index (χ3n) is 4.42. The van der Waals surface area contributed by atoms with E-state index in [1.807, 2.05) is 11.9 Å². The maximum Gasteiger partial charge on any atom is 0.239 e. The zero-order chi connectivity index (χ0) is 13.0. The molecule has 1 unspecified atom stereocenters. The molecule has 1 aliphatic rings. The molecular weight excluding hydrogens is 212 g/mol. The van der Waals surface area contributed by atoms with Crippen LogP contribution in [0.5, 0.6) is 0 Å². The predicted octanol–water partition coefficient (Wildman–Crippen LogP) is 2.40. The molecule has 0 heterocycles. The lowest BCUT2D eigenvalue weighted by Crippen LogP contribution is -2.49. The van der Waals surface area contributed by atoms with Gasteiger partial charge in [-0.05, 0) is 37.5 Å². The average Bonchev–Trinajstić information content (AvgIpc) is 2.36. The molecule has 1 amide bonds. The van der Waals surface area contributed by atoms with Crippen LogP contribution in [0.15, 0.2) is 0 Å². The fourth-order valence-electron chi connectivity index (χ4n) is 2.54. The van der Waals surface area contributed by atoms with E-state index in [9.17, 15) is 4.79 Å². The number of nitrogens with two attached hydrogens (primary N) is 1. The molecule has 2 atom stereocenters. The maximum absolute atomic E-state index is 12.2. The van der Waals surface area contributed by atoms with Crippen molar-refractivity contribution >= 4 is 5.91 Å². The highest BCUT2D eigenvalue weighted by Crippen LogP contribution is 2.27. The summed E-state index contributed by atoms with van der Waals surface area (Å²) in [6.45, 7) is 6.43. The third kappa shape index (κ3) is 3.70. The fourth-order valence-corrected chi connectivity index (χ4v) is 2.54. The summed E-state index contributed by atoms with van der Waals surface area (Å²) in [7, 11) is 1.92. The van der Waals surface area contributed by atoms with Crippen molar-refractivity contribution in [3.05, 3.63) is 0 Å². The first-order valence-corrected chi connectivity index (χ1v) is 6.99. The Labute approximate surface area is 106 Å². The van der Waals surface area contributed by atoms with E-state index >= 15 is 0 Å². The minimum Gasteiger partial charge on any atom is -0.341 e. The molecule has 0 aromatic rings. The Hall–Kier alpha value is -0.570. The molecule has 100 valence electrons. The van der Waals surface area contributed by atoms with Gasteiger partial charge in [0.15, 0.2) is 0 Å². The van der Waals surface area contributed by atoms with E-state index in [1.165, 1.54) is 12.8 Å². The zero-order valence-corrected chi connectivity index (χ0v) is 11.8. The largest absolute Gasteiger partial charge is 0.341 e. The van der Waals surface area contributed by atoms with Gasteiger partial charge >= 0.3 is 0 Å². The summed E-state index contributed by atoms with van der Waals surface area (Å²) in [6, 6.07) is 0.0816. The van der Waals surface area contributed by atoms with E-state index in [1.54, 1.807) is 0 Å². The van der Waals surface area contributed by atoms with Crippen molar-refractivity contribution in [1.82, 2.24) is 4.90 Å². The molecule has 0 bridgehead atoms. The maximum atomic E-state index is 12.2. The SMILES string of the molecule is CCC(C)[C@H](N)C(=O)N(C)C1CCC(C)CC1. The number of hydrogen-bond acceptors (Lipinski definition) is 2. The quantitative estimate of drug-likeness (QED) is 0.820. The van der Waals surface area contributed by atoms with Crippen LogP contribution in [0.4, 0.5) is 0 Å². The second kappa shape index (κ2) is 6.39. The lowest BCUT2D eigenvalue weighted by Gasteiger charge is -2.35. The molecule has 3 nitrogen and oxygen atoms in total. The first-order valence-electron chi connectivity index (χ1n) is 6.99. The van der Waals surface area contributed by atoms with Crippen LogP contribution in [0.1, 0.15) is 52.9 Å². The second-order valence-electron chi connectivity index (χ2n) is 5.77. The van der Waals surface area contributed by atoms with Crippen molar-refractivity contribution in [3.8, 4) is 0 Å². The summed E-state index contributed by atoms with van der Waals surface area (Å²) in [5.41, 5.74) is 6.01. The average molecular weight is 240 g/mol. The highest BCUT2D eigenvalue weighted by Gasteiger charge is 2.29. The van der Waals surface area contributed by atoms with Crippen LogP contribution in [0.3, 0.4) is 0 Å². The Bertz CT molecular complexity index is 247. The smallest absolute Gasteiger partial charge is 0.239 e. The fraction of sp³-hybridized carbons (Fsp3) is 0.929. The van der Waals surface area contributed by atoms with Gasteiger partial charge in [0.1, 0.15) is 0 Å². The number of hydrogen-bond donors (Lipinski definition) is 1. The van der Waals surface area contributed by atoms with E-state index in [4.69, 9.17) is 5.73 Å². The van der Waals surface area contributed by atoms with Gasteiger partial charge in [0.2, 0.25) is 5.91 Å². The molecule has 0 aromatic heterocycles. The minimum absolute atomic E-state index is 0.124. The molecule has 0 aliphatic heterocycles. The minimum atomic E-state index is -0.329. The van der Waals surface area contributed by atoms with Crippen LogP contribution in [0.2, 0.25) is 0 Å². The van der Waals surface area contributed by atoms with Crippen molar-refractivity contribution in [2.24, 2.45) is 17.6 Å². The Kier molecular flexibility index (Phi) is 5.44. The Morgan fingerprint density at radius 1 is 1.35 bits per heavy atom. The Morgan fingerprint density at radius 3 is 2.35 bits per heavy atom. The van der Waals surface area contributed by atoms with Crippen LogP contribution in [0, 0.1) is 11.8 Å². The number of carbonyl (C=O) groups is 1. The van der Waals surface area contributed by atoms with Gasteiger partial charge in [0.05, 0.1) is 6.04 Å². The molecule has 3 heteroatoms. The van der Waals surface area contributed by atoms with Crippen molar-refractivity contribution < 1.29 is 4.79 Å². The summed E-state index contributed by atoms with van der Waals surface area (Å²) < 4.78 is 0. The summed E-state index contributed by atoms with van der Waals surface area (Å²) >= 11 is 0. The molecular formula is C14H28N2O. The summed E-state index contributed by atoms with van der Waals surface area (Å²) in [4.78, 5) is 14.1. The van der Waals surface area contributed by atoms with Crippen molar-refractivity contribution in [3.63, 3.8) is 0 Å². The molecule has 0 aromatic carbocycles. The van der Waals surface area contributed by atoms with Gasteiger partial charge < -0.3 is 10.6 Å². The van der Waals surface area contributed by atoms with Gasteiger partial charge in [-0.15, -0.1) is 0 Å². The molecule has 0 spiro atoms. The molecule has 1 fully saturated rings. The topological polar surface area (TPSA) is 46.3 Å². The van der Waals surface area contributed by atoms with Gasteiger partial charge in [-0.2, -0.15) is 0 Å². The van der Waals surface area contributed by atoms with Gasteiger partial charge in [-0.25, -0.2) is 0 Å². The normalized spacial score (nSPS) is 28.5. The molecule has 0 saturated heterocycles. The molecule has 2 N–H and O–H groups in total. The Balaban J connectivity index is 2.51. The third-order valence-corrected chi connectivity index (χ3v) is 4.42. The summed E-state index contributed by atoms with van der Waals surface area (Å²) in [6.07, 6.45) is 5.71. The van der Waals surface area contributed by atoms with Crippen molar-refractivity contribution in [2.75, 3.05) is 7.05 Å². The second-order valence-corrected chi connectivity index (χ2v) is 5.77. The van der Waals surface area contributed by atoms with E-state index < -0.39 is 0 Å². The van der Waals surface area contributed by atoms with Gasteiger partial charge in [-0.1, -0.05) is 27.2 Å². The predicted molar refractivity (Wildman–Crippen MR) is 71.6 cm³/mol. The highest BCUT2D eigenvalue weighted by atomic mass is 16.2. The van der Waals surface area contributed by atoms with Crippen LogP contribution in [0.25, 0.3) is 0 Å². The van der Waals surface area contributed by atoms with E-state index in [0.717, 1.165) is 25.2 Å². The summed E-state index contributed by atoms with van der Waals surface area (Å²) in [5.74, 6) is 1.21. The molecule has 1 rings (SSSR count). The first kappa shape index (κ1) is 14.5. The number of amides is 1. The highest BCUT2D eigenvalue weighted by molar-refractivity contribution is 5.82. The van der Waals surface area contributed by atoms with E-state index in [0.29, 0.717) is 6.04 Å². The molecule has 17 heavy (non-hydrogen) atoms. The number of carbonyl (C=O) groups excluding carboxylic acids is 1. The number of rotatable bonds is 4. The van der Waals surface area contributed by atoms with Crippen LogP contribution < -0.4 is 5.73 Å². The van der Waals surface area contributed by atoms with Gasteiger partial charge in [0.25, 0.3) is 0 Å². The van der Waals surface area contributed by atoms with E-state index in [-0.39, 0.29) is 17.9 Å². The first-order chi connectivity index (χ1) is 7.97. The molecule has 1 saturated carbocycles. The van der Waals surface area contributed by atoms with Crippen molar-refractivity contribution in [2.45, 2.75) is 65.0 Å². The zero-order valence-electron chi connectivity index (χ0n) is 11.8. The van der Waals surface area contributed by atoms with Gasteiger partial charge in [0, 0.05) is 13.1 Å². The standard InChI is InChI=1S/C14H28N2O/c1-5-11(3)13(15)14(17)16(4)12-8-6-10(2)7-9-12/h10-13H,5-9,15H2,1-4H3/t10?,11?,12?,13-/m0/s1. The lowest BCUT2D eigenvalue weighted by atomic mass is 9.86. The summed E-state index contributed by atoms with van der Waals surface area (Å²) in [5, 5.41) is 0. The van der Waals surface area contributed by atoms with Gasteiger partial charge in [-0.3, -0.25) is 4.79 Å².